The van der Waals surface area contributed by atoms with E-state index in [1.165, 1.54) is 10.9 Å². The highest BCUT2D eigenvalue weighted by molar-refractivity contribution is 6.31. The summed E-state index contributed by atoms with van der Waals surface area (Å²) in [6.07, 6.45) is 1.79. The van der Waals surface area contributed by atoms with Gasteiger partial charge in [0.25, 0.3) is 0 Å². The van der Waals surface area contributed by atoms with Crippen LogP contribution < -0.4 is 0 Å². The number of hydrogen-bond donors (Lipinski definition) is 0. The molecule has 1 aromatic carbocycles. The van der Waals surface area contributed by atoms with Crippen molar-refractivity contribution in [2.75, 3.05) is 0 Å². The topological polar surface area (TPSA) is 12.9 Å². The molecule has 1 aromatic heterocycles. The zero-order chi connectivity index (χ0) is 10.1. The Bertz CT molecular complexity index is 463. The van der Waals surface area contributed by atoms with Crippen molar-refractivity contribution in [3.8, 4) is 0 Å². The number of halogens is 1. The maximum absolute atomic E-state index is 6.03. The van der Waals surface area contributed by atoms with Crippen LogP contribution in [0.4, 0.5) is 0 Å². The number of pyridine rings is 1. The summed E-state index contributed by atoms with van der Waals surface area (Å²) in [5.74, 6) is 0.473. The lowest BCUT2D eigenvalue weighted by molar-refractivity contribution is 0.876. The molecule has 0 bridgehead atoms. The number of hydrogen-bond acceptors (Lipinski definition) is 1. The van der Waals surface area contributed by atoms with Crippen LogP contribution in [0.15, 0.2) is 30.5 Å². The Balaban J connectivity index is 2.80. The van der Waals surface area contributed by atoms with Gasteiger partial charge in [-0.3, -0.25) is 4.98 Å². The molecular weight excluding hydrogens is 194 g/mol. The van der Waals surface area contributed by atoms with Crippen LogP contribution in [0.2, 0.25) is 5.02 Å². The van der Waals surface area contributed by atoms with Crippen LogP contribution >= 0.6 is 11.6 Å². The van der Waals surface area contributed by atoms with Gasteiger partial charge in [-0.25, -0.2) is 0 Å². The highest BCUT2D eigenvalue weighted by atomic mass is 35.5. The Morgan fingerprint density at radius 2 is 2.07 bits per heavy atom. The van der Waals surface area contributed by atoms with Gasteiger partial charge in [0, 0.05) is 16.6 Å². The zero-order valence-corrected chi connectivity index (χ0v) is 9.05. The summed E-state index contributed by atoms with van der Waals surface area (Å²) in [6.45, 7) is 4.33. The predicted octanol–water partition coefficient (Wildman–Crippen LogP) is 4.01. The Labute approximate surface area is 88.7 Å². The lowest BCUT2D eigenvalue weighted by Gasteiger charge is -2.09. The molecule has 0 saturated carbocycles. The second kappa shape index (κ2) is 3.58. The van der Waals surface area contributed by atoms with E-state index < -0.39 is 0 Å². The molecule has 0 fully saturated rings. The summed E-state index contributed by atoms with van der Waals surface area (Å²) in [7, 11) is 0. The van der Waals surface area contributed by atoms with Crippen molar-refractivity contribution in [3.05, 3.63) is 41.0 Å². The molecule has 0 amide bonds. The molecule has 14 heavy (non-hydrogen) atoms. The lowest BCUT2D eigenvalue weighted by atomic mass is 9.98. The van der Waals surface area contributed by atoms with Gasteiger partial charge in [0.1, 0.15) is 0 Å². The Hall–Kier alpha value is -1.08. The predicted molar refractivity (Wildman–Crippen MR) is 60.8 cm³/mol. The standard InChI is InChI=1S/C12H12ClN/c1-8(2)11-6-9(13)7-12-10(11)4-3-5-14-12/h3-8H,1-2H3. The van der Waals surface area contributed by atoms with Crippen LogP contribution in [-0.4, -0.2) is 4.98 Å². The molecular formula is C12H12ClN. The average Bonchev–Trinajstić information content (AvgIpc) is 2.16. The van der Waals surface area contributed by atoms with Crippen LogP contribution in [0.5, 0.6) is 0 Å². The third-order valence-electron chi connectivity index (χ3n) is 2.34. The van der Waals surface area contributed by atoms with Crippen LogP contribution in [0, 0.1) is 0 Å². The van der Waals surface area contributed by atoms with Crippen molar-refractivity contribution in [1.29, 1.82) is 0 Å². The normalized spacial score (nSPS) is 11.1. The molecule has 0 aliphatic rings. The minimum Gasteiger partial charge on any atom is -0.256 e. The zero-order valence-electron chi connectivity index (χ0n) is 8.29. The molecule has 0 radical (unpaired) electrons. The molecule has 2 aromatic rings. The number of aromatic nitrogens is 1. The van der Waals surface area contributed by atoms with Gasteiger partial charge >= 0.3 is 0 Å². The van der Waals surface area contributed by atoms with Gasteiger partial charge in [-0.05, 0) is 29.7 Å². The van der Waals surface area contributed by atoms with E-state index in [1.54, 1.807) is 6.20 Å². The van der Waals surface area contributed by atoms with E-state index in [-0.39, 0.29) is 0 Å². The van der Waals surface area contributed by atoms with Gasteiger partial charge in [-0.15, -0.1) is 0 Å². The summed E-state index contributed by atoms with van der Waals surface area (Å²) in [6, 6.07) is 7.98. The summed E-state index contributed by atoms with van der Waals surface area (Å²) in [5, 5.41) is 1.96. The third kappa shape index (κ3) is 1.60. The van der Waals surface area contributed by atoms with Crippen molar-refractivity contribution in [2.24, 2.45) is 0 Å². The fourth-order valence-electron chi connectivity index (χ4n) is 1.65. The van der Waals surface area contributed by atoms with Gasteiger partial charge in [0.2, 0.25) is 0 Å². The fourth-order valence-corrected chi connectivity index (χ4v) is 1.87. The largest absolute Gasteiger partial charge is 0.256 e. The molecule has 0 unspecified atom stereocenters. The SMILES string of the molecule is CC(C)c1cc(Cl)cc2ncccc12. The fraction of sp³-hybridized carbons (Fsp3) is 0.250. The second-order valence-corrected chi connectivity index (χ2v) is 4.16. The molecule has 0 atom stereocenters. The van der Waals surface area contributed by atoms with Gasteiger partial charge in [-0.2, -0.15) is 0 Å². The first-order valence-corrected chi connectivity index (χ1v) is 5.10. The molecule has 72 valence electrons. The Morgan fingerprint density at radius 3 is 2.79 bits per heavy atom. The number of nitrogens with zero attached hydrogens (tertiary/aromatic N) is 1. The van der Waals surface area contributed by atoms with E-state index >= 15 is 0 Å². The van der Waals surface area contributed by atoms with Crippen LogP contribution in [0.1, 0.15) is 25.3 Å². The molecule has 0 saturated heterocycles. The first-order chi connectivity index (χ1) is 6.68. The Morgan fingerprint density at radius 1 is 1.29 bits per heavy atom. The average molecular weight is 206 g/mol. The van der Waals surface area contributed by atoms with Gasteiger partial charge in [0.15, 0.2) is 0 Å². The summed E-state index contributed by atoms with van der Waals surface area (Å²) in [4.78, 5) is 4.30. The van der Waals surface area contributed by atoms with Gasteiger partial charge in [-0.1, -0.05) is 31.5 Å². The highest BCUT2D eigenvalue weighted by Gasteiger charge is 2.06. The van der Waals surface area contributed by atoms with Crippen LogP contribution in [0.25, 0.3) is 10.9 Å². The summed E-state index contributed by atoms with van der Waals surface area (Å²) >= 11 is 6.03. The summed E-state index contributed by atoms with van der Waals surface area (Å²) in [5.41, 5.74) is 2.24. The second-order valence-electron chi connectivity index (χ2n) is 3.72. The first kappa shape index (κ1) is 9.47. The van der Waals surface area contributed by atoms with E-state index in [1.807, 2.05) is 18.2 Å². The third-order valence-corrected chi connectivity index (χ3v) is 2.56. The number of rotatable bonds is 1. The molecule has 2 rings (SSSR count). The molecule has 1 heterocycles. The quantitative estimate of drug-likeness (QED) is 0.686. The van der Waals surface area contributed by atoms with Crippen LogP contribution in [-0.2, 0) is 0 Å². The molecule has 0 aliphatic carbocycles. The molecule has 0 aliphatic heterocycles. The molecule has 0 N–H and O–H groups in total. The van der Waals surface area contributed by atoms with Gasteiger partial charge in [0.05, 0.1) is 5.52 Å². The lowest BCUT2D eigenvalue weighted by Crippen LogP contribution is -1.90. The monoisotopic (exact) mass is 205 g/mol. The minimum atomic E-state index is 0.473. The van der Waals surface area contributed by atoms with Crippen molar-refractivity contribution < 1.29 is 0 Å². The van der Waals surface area contributed by atoms with Gasteiger partial charge < -0.3 is 0 Å². The number of benzene rings is 1. The van der Waals surface area contributed by atoms with E-state index in [0.29, 0.717) is 5.92 Å². The number of fused-ring (bicyclic) bond motifs is 1. The van der Waals surface area contributed by atoms with E-state index in [4.69, 9.17) is 11.6 Å². The maximum Gasteiger partial charge on any atom is 0.0719 e. The Kier molecular flexibility index (Phi) is 2.42. The smallest absolute Gasteiger partial charge is 0.0719 e. The minimum absolute atomic E-state index is 0.473. The maximum atomic E-state index is 6.03. The van der Waals surface area contributed by atoms with Crippen molar-refractivity contribution in [1.82, 2.24) is 4.98 Å². The van der Waals surface area contributed by atoms with Crippen molar-refractivity contribution >= 4 is 22.5 Å². The van der Waals surface area contributed by atoms with Crippen molar-refractivity contribution in [2.45, 2.75) is 19.8 Å². The van der Waals surface area contributed by atoms with E-state index in [9.17, 15) is 0 Å². The summed E-state index contributed by atoms with van der Waals surface area (Å²) < 4.78 is 0. The molecule has 0 spiro atoms. The van der Waals surface area contributed by atoms with E-state index in [2.05, 4.69) is 24.9 Å². The first-order valence-electron chi connectivity index (χ1n) is 4.72. The van der Waals surface area contributed by atoms with E-state index in [0.717, 1.165) is 10.5 Å². The van der Waals surface area contributed by atoms with Crippen LogP contribution in [0.3, 0.4) is 0 Å². The molecule has 1 nitrogen and oxygen atoms in total. The molecule has 2 heteroatoms. The van der Waals surface area contributed by atoms with Crippen molar-refractivity contribution in [3.63, 3.8) is 0 Å². The highest BCUT2D eigenvalue weighted by Crippen LogP contribution is 2.27.